The van der Waals surface area contributed by atoms with Gasteiger partial charge in [0, 0.05) is 21.7 Å². The number of benzene rings is 2. The predicted molar refractivity (Wildman–Crippen MR) is 119 cm³/mol. The molecule has 0 fully saturated rings. The molecule has 0 unspecified atom stereocenters. The van der Waals surface area contributed by atoms with Crippen LogP contribution in [0, 0.1) is 43.2 Å². The van der Waals surface area contributed by atoms with E-state index >= 15 is 0 Å². The molecule has 0 radical (unpaired) electrons. The van der Waals surface area contributed by atoms with Crippen LogP contribution in [0.4, 0.5) is 0 Å². The van der Waals surface area contributed by atoms with E-state index in [1.807, 2.05) is 18.2 Å². The largest absolute Gasteiger partial charge is 0.358 e. The number of allylic oxidation sites excluding steroid dienone is 4. The van der Waals surface area contributed by atoms with Crippen molar-refractivity contribution in [2.75, 3.05) is 0 Å². The van der Waals surface area contributed by atoms with Gasteiger partial charge in [-0.25, -0.2) is 12.2 Å². The van der Waals surface area contributed by atoms with Crippen LogP contribution in [0.2, 0.25) is 0 Å². The average molecular weight is 379 g/mol. The first-order valence-electron chi connectivity index (χ1n) is 6.86. The molecule has 0 aliphatic heterocycles. The van der Waals surface area contributed by atoms with Gasteiger partial charge in [-0.3, -0.25) is 6.08 Å². The molecule has 0 amide bonds. The minimum Gasteiger partial charge on any atom is -0.358 e. The predicted octanol–water partition coefficient (Wildman–Crippen LogP) is 7.78. The Morgan fingerprint density at radius 3 is 1.88 bits per heavy atom. The summed E-state index contributed by atoms with van der Waals surface area (Å²) in [5.74, 6) is 0. The van der Waals surface area contributed by atoms with Crippen LogP contribution < -0.4 is 0 Å². The molecule has 0 nitrogen and oxygen atoms in total. The summed E-state index contributed by atoms with van der Waals surface area (Å²) >= 11 is 0. The Bertz CT molecular complexity index is 690. The third kappa shape index (κ3) is 8.56. The fraction of sp³-hybridized carbons (Fsp3) is 0.0400. The van der Waals surface area contributed by atoms with Crippen LogP contribution >= 0.6 is 0 Å². The molecular formula is C25H31Ti-7. The number of hydrogen-bond acceptors (Lipinski definition) is 0. The van der Waals surface area contributed by atoms with E-state index in [0.717, 1.165) is 6.42 Å². The van der Waals surface area contributed by atoms with Crippen LogP contribution in [0.25, 0.3) is 21.9 Å². The fourth-order valence-electron chi connectivity index (χ4n) is 2.29. The molecule has 0 bridgehead atoms. The van der Waals surface area contributed by atoms with Crippen LogP contribution in [0.3, 0.4) is 0 Å². The van der Waals surface area contributed by atoms with Crippen molar-refractivity contribution in [2.24, 2.45) is 0 Å². The summed E-state index contributed by atoms with van der Waals surface area (Å²) in [5.41, 5.74) is 2.59. The molecule has 0 N–H and O–H groups in total. The van der Waals surface area contributed by atoms with Gasteiger partial charge in [-0.15, -0.1) is 41.0 Å². The third-order valence-corrected chi connectivity index (χ3v) is 3.31. The number of rotatable bonds is 1. The Morgan fingerprint density at radius 1 is 0.769 bits per heavy atom. The quantitative estimate of drug-likeness (QED) is 0.299. The second-order valence-corrected chi connectivity index (χ2v) is 4.74. The van der Waals surface area contributed by atoms with E-state index in [9.17, 15) is 0 Å². The molecule has 0 saturated heterocycles. The molecule has 0 spiro atoms. The fourth-order valence-corrected chi connectivity index (χ4v) is 2.29. The Balaban J connectivity index is -0.000000196. The van der Waals surface area contributed by atoms with Gasteiger partial charge in [0.25, 0.3) is 0 Å². The maximum Gasteiger partial charge on any atom is 0 e. The Labute approximate surface area is 177 Å². The molecule has 4 rings (SSSR count). The third-order valence-electron chi connectivity index (χ3n) is 3.31. The maximum atomic E-state index is 2.99. The molecule has 1 aliphatic carbocycles. The summed E-state index contributed by atoms with van der Waals surface area (Å²) in [7, 11) is 0. The first-order valence-corrected chi connectivity index (χ1v) is 6.86. The van der Waals surface area contributed by atoms with Crippen LogP contribution in [-0.4, -0.2) is 0 Å². The molecule has 0 aromatic heterocycles. The molecule has 26 heavy (non-hydrogen) atoms. The van der Waals surface area contributed by atoms with Gasteiger partial charge in [0.15, 0.2) is 0 Å². The number of fused-ring (bicyclic) bond motifs is 1. The van der Waals surface area contributed by atoms with Crippen LogP contribution in [-0.2, 0) is 21.7 Å². The molecule has 0 heterocycles. The second-order valence-electron chi connectivity index (χ2n) is 4.74. The van der Waals surface area contributed by atoms with Gasteiger partial charge in [-0.2, -0.15) is 6.08 Å². The van der Waals surface area contributed by atoms with E-state index in [1.54, 1.807) is 0 Å². The van der Waals surface area contributed by atoms with Crippen molar-refractivity contribution in [3.8, 4) is 11.1 Å². The molecule has 0 saturated carbocycles. The first-order chi connectivity index (χ1) is 9.93. The van der Waals surface area contributed by atoms with Crippen molar-refractivity contribution in [2.45, 2.75) is 6.42 Å². The van der Waals surface area contributed by atoms with Crippen molar-refractivity contribution in [3.05, 3.63) is 128 Å². The van der Waals surface area contributed by atoms with Gasteiger partial charge in [-0.05, 0) is 0 Å². The SMILES string of the molecule is [C-]1=CC=CC1.[CH3-].[CH3-].[CH3-].[CH3-].[CH3-].[Ti].c1ccc(-c2cc3ccccc3[cH-]2)cc1. The summed E-state index contributed by atoms with van der Waals surface area (Å²) in [6.45, 7) is 0. The molecular weight excluding hydrogens is 348 g/mol. The number of hydrogen-bond donors (Lipinski definition) is 0. The van der Waals surface area contributed by atoms with Gasteiger partial charge in [0.05, 0.1) is 0 Å². The molecule has 0 atom stereocenters. The molecule has 3 aromatic carbocycles. The molecule has 1 heteroatoms. The zero-order chi connectivity index (χ0) is 13.6. The van der Waals surface area contributed by atoms with E-state index < -0.39 is 0 Å². The summed E-state index contributed by atoms with van der Waals surface area (Å²) in [5, 5.41) is 2.63. The van der Waals surface area contributed by atoms with Crippen molar-refractivity contribution in [3.63, 3.8) is 0 Å². The van der Waals surface area contributed by atoms with Crippen molar-refractivity contribution in [1.82, 2.24) is 0 Å². The van der Waals surface area contributed by atoms with Crippen LogP contribution in [0.5, 0.6) is 0 Å². The van der Waals surface area contributed by atoms with Crippen LogP contribution in [0.1, 0.15) is 6.42 Å². The second kappa shape index (κ2) is 16.7. The van der Waals surface area contributed by atoms with Crippen LogP contribution in [0.15, 0.2) is 85.0 Å². The summed E-state index contributed by atoms with van der Waals surface area (Å²) in [4.78, 5) is 0. The van der Waals surface area contributed by atoms with Gasteiger partial charge in [0.1, 0.15) is 0 Å². The monoisotopic (exact) mass is 379 g/mol. The Morgan fingerprint density at radius 2 is 1.38 bits per heavy atom. The van der Waals surface area contributed by atoms with E-state index in [4.69, 9.17) is 0 Å². The summed E-state index contributed by atoms with van der Waals surface area (Å²) in [6, 6.07) is 23.4. The molecule has 142 valence electrons. The summed E-state index contributed by atoms with van der Waals surface area (Å²) < 4.78 is 0. The van der Waals surface area contributed by atoms with Gasteiger partial charge in [0.2, 0.25) is 0 Å². The van der Waals surface area contributed by atoms with Crippen molar-refractivity contribution >= 4 is 10.8 Å². The van der Waals surface area contributed by atoms with Crippen molar-refractivity contribution < 1.29 is 21.7 Å². The van der Waals surface area contributed by atoms with Gasteiger partial charge < -0.3 is 37.1 Å². The Kier molecular flexibility index (Phi) is 20.5. The normalized spacial score (nSPS) is 9.54. The molecule has 3 aromatic rings. The standard InChI is InChI=1S/C15H11.C5H5.5CH3.Ti/c1-2-6-12(7-3-1)15-10-13-8-4-5-9-14(13)11-15;1-2-4-5-3-1;;;;;;/h1-11H;1-3H,4H2;5*1H3;/q7*-1;. The summed E-state index contributed by atoms with van der Waals surface area (Å²) in [6.07, 6.45) is 10.0. The van der Waals surface area contributed by atoms with E-state index in [0.29, 0.717) is 0 Å². The zero-order valence-electron chi connectivity index (χ0n) is 16.8. The van der Waals surface area contributed by atoms with Crippen molar-refractivity contribution in [1.29, 1.82) is 0 Å². The van der Waals surface area contributed by atoms with E-state index in [1.165, 1.54) is 21.9 Å². The maximum absolute atomic E-state index is 2.99. The minimum absolute atomic E-state index is 0. The Hall–Kier alpha value is -1.76. The van der Waals surface area contributed by atoms with Gasteiger partial charge in [-0.1, -0.05) is 54.1 Å². The molecule has 1 aliphatic rings. The zero-order valence-corrected chi connectivity index (χ0v) is 18.4. The van der Waals surface area contributed by atoms with E-state index in [2.05, 4.69) is 72.8 Å². The minimum atomic E-state index is 0. The average Bonchev–Trinajstić information content (AvgIpc) is 3.20. The smallest absolute Gasteiger partial charge is 0 e. The topological polar surface area (TPSA) is 0 Å². The van der Waals surface area contributed by atoms with E-state index in [-0.39, 0.29) is 58.9 Å². The first kappa shape index (κ1) is 32.0. The van der Waals surface area contributed by atoms with Gasteiger partial charge >= 0.3 is 0 Å².